The van der Waals surface area contributed by atoms with E-state index in [0.717, 1.165) is 18.4 Å². The molecule has 0 spiro atoms. The molecule has 0 aliphatic heterocycles. The highest BCUT2D eigenvalue weighted by molar-refractivity contribution is 5.66. The van der Waals surface area contributed by atoms with Crippen molar-refractivity contribution in [2.45, 2.75) is 78.7 Å². The normalized spacial score (nSPS) is 11.6. The molecular formula is C16H28O2. The van der Waals surface area contributed by atoms with Gasteiger partial charge < -0.3 is 4.74 Å². The second-order valence-corrected chi connectivity index (χ2v) is 5.02. The van der Waals surface area contributed by atoms with Gasteiger partial charge in [-0.3, -0.25) is 4.79 Å². The fraction of sp³-hybridized carbons (Fsp3) is 0.750. The van der Waals surface area contributed by atoms with Gasteiger partial charge in [-0.15, -0.1) is 5.73 Å². The molecule has 0 aromatic heterocycles. The lowest BCUT2D eigenvalue weighted by Crippen LogP contribution is -2.13. The molecule has 0 aromatic carbocycles. The van der Waals surface area contributed by atoms with Gasteiger partial charge in [0.1, 0.15) is 6.10 Å². The molecule has 0 bridgehead atoms. The van der Waals surface area contributed by atoms with E-state index in [1.807, 2.05) is 19.9 Å². The Balaban J connectivity index is 3.95. The van der Waals surface area contributed by atoms with Crippen molar-refractivity contribution in [3.8, 4) is 0 Å². The highest BCUT2D eigenvalue weighted by Gasteiger charge is 2.07. The molecule has 0 heterocycles. The Morgan fingerprint density at radius 2 is 1.72 bits per heavy atom. The minimum Gasteiger partial charge on any atom is -0.458 e. The molecule has 0 saturated carbocycles. The number of ether oxygens (including phenoxy) is 1. The number of esters is 1. The van der Waals surface area contributed by atoms with E-state index >= 15 is 0 Å². The van der Waals surface area contributed by atoms with E-state index in [0.29, 0.717) is 0 Å². The summed E-state index contributed by atoms with van der Waals surface area (Å²) in [7, 11) is 0. The Bertz CT molecular complexity index is 281. The van der Waals surface area contributed by atoms with Crippen LogP contribution in [0.4, 0.5) is 0 Å². The first-order valence-electron chi connectivity index (χ1n) is 7.13. The first-order chi connectivity index (χ1) is 8.56. The molecule has 0 aromatic rings. The summed E-state index contributed by atoms with van der Waals surface area (Å²) >= 11 is 0. The number of hydrogen-bond donors (Lipinski definition) is 0. The third kappa shape index (κ3) is 11.5. The van der Waals surface area contributed by atoms with Gasteiger partial charge in [0.15, 0.2) is 0 Å². The van der Waals surface area contributed by atoms with Crippen molar-refractivity contribution in [3.63, 3.8) is 0 Å². The van der Waals surface area contributed by atoms with Gasteiger partial charge in [-0.25, -0.2) is 0 Å². The van der Waals surface area contributed by atoms with Gasteiger partial charge in [0, 0.05) is 6.92 Å². The minimum atomic E-state index is -0.210. The van der Waals surface area contributed by atoms with Crippen molar-refractivity contribution in [1.82, 2.24) is 0 Å². The third-order valence-corrected chi connectivity index (χ3v) is 2.72. The highest BCUT2D eigenvalue weighted by Crippen LogP contribution is 2.11. The Morgan fingerprint density at radius 3 is 2.28 bits per heavy atom. The lowest BCUT2D eigenvalue weighted by Gasteiger charge is -2.12. The van der Waals surface area contributed by atoms with Crippen LogP contribution in [-0.2, 0) is 9.53 Å². The average Bonchev–Trinajstić information content (AvgIpc) is 2.29. The summed E-state index contributed by atoms with van der Waals surface area (Å²) in [5.74, 6) is -0.210. The van der Waals surface area contributed by atoms with Crippen molar-refractivity contribution < 1.29 is 9.53 Å². The molecule has 2 heteroatoms. The molecule has 0 fully saturated rings. The summed E-state index contributed by atoms with van der Waals surface area (Å²) in [6, 6.07) is 0. The van der Waals surface area contributed by atoms with Crippen molar-refractivity contribution in [2.75, 3.05) is 0 Å². The number of hydrogen-bond acceptors (Lipinski definition) is 2. The molecule has 0 aliphatic carbocycles. The first-order valence-corrected chi connectivity index (χ1v) is 7.13. The molecule has 0 N–H and O–H groups in total. The molecule has 0 aliphatic rings. The minimum absolute atomic E-state index is 0.108. The van der Waals surface area contributed by atoms with Crippen LogP contribution in [-0.4, -0.2) is 12.1 Å². The summed E-state index contributed by atoms with van der Waals surface area (Å²) < 4.78 is 5.26. The molecule has 2 nitrogen and oxygen atoms in total. The zero-order chi connectivity index (χ0) is 13.8. The number of unbranched alkanes of at least 4 members (excludes halogenated alkanes) is 5. The van der Waals surface area contributed by atoms with Crippen LogP contribution in [0.3, 0.4) is 0 Å². The van der Waals surface area contributed by atoms with Crippen LogP contribution in [0.1, 0.15) is 72.6 Å². The van der Waals surface area contributed by atoms with Gasteiger partial charge >= 0.3 is 5.97 Å². The van der Waals surface area contributed by atoms with Gasteiger partial charge in [-0.2, -0.15) is 0 Å². The summed E-state index contributed by atoms with van der Waals surface area (Å²) in [6.45, 7) is 7.67. The van der Waals surface area contributed by atoms with Crippen molar-refractivity contribution in [1.29, 1.82) is 0 Å². The predicted molar refractivity (Wildman–Crippen MR) is 76.5 cm³/mol. The van der Waals surface area contributed by atoms with Crippen LogP contribution in [0.25, 0.3) is 0 Å². The molecule has 1 atom stereocenters. The average molecular weight is 252 g/mol. The molecule has 104 valence electrons. The number of rotatable bonds is 9. The number of carbonyl (C=O) groups excluding carboxylic acids is 1. The summed E-state index contributed by atoms with van der Waals surface area (Å²) in [5, 5.41) is 0. The number of carbonyl (C=O) groups is 1. The maximum atomic E-state index is 11.0. The van der Waals surface area contributed by atoms with Crippen LogP contribution in [0.15, 0.2) is 17.4 Å². The third-order valence-electron chi connectivity index (χ3n) is 2.72. The van der Waals surface area contributed by atoms with Gasteiger partial charge in [0.25, 0.3) is 0 Å². The monoisotopic (exact) mass is 252 g/mol. The molecule has 0 radical (unpaired) electrons. The molecule has 0 saturated heterocycles. The predicted octanol–water partition coefficient (Wildman–Crippen LogP) is 4.79. The van der Waals surface area contributed by atoms with Gasteiger partial charge in [-0.1, -0.05) is 39.0 Å². The standard InChI is InChI=1S/C16H28O2/c1-5-6-7-8-9-10-11-16(18-15(4)17)13-12-14(2)3/h13,16H,5-11H2,1-4H3. The molecule has 1 unspecified atom stereocenters. The zero-order valence-electron chi connectivity index (χ0n) is 12.4. The van der Waals surface area contributed by atoms with Crippen LogP contribution in [0.5, 0.6) is 0 Å². The Morgan fingerprint density at radius 1 is 1.11 bits per heavy atom. The Hall–Kier alpha value is -1.01. The van der Waals surface area contributed by atoms with Crippen LogP contribution >= 0.6 is 0 Å². The van der Waals surface area contributed by atoms with Crippen molar-refractivity contribution in [3.05, 3.63) is 17.4 Å². The van der Waals surface area contributed by atoms with E-state index in [9.17, 15) is 4.79 Å². The van der Waals surface area contributed by atoms with Crippen LogP contribution in [0.2, 0.25) is 0 Å². The second kappa shape index (κ2) is 11.1. The van der Waals surface area contributed by atoms with E-state index in [1.165, 1.54) is 39.0 Å². The maximum absolute atomic E-state index is 11.0. The van der Waals surface area contributed by atoms with Gasteiger partial charge in [0.2, 0.25) is 0 Å². The fourth-order valence-electron chi connectivity index (χ4n) is 1.77. The van der Waals surface area contributed by atoms with E-state index in [4.69, 9.17) is 4.74 Å². The topological polar surface area (TPSA) is 26.3 Å². The van der Waals surface area contributed by atoms with Crippen LogP contribution in [0, 0.1) is 0 Å². The molecule has 0 amide bonds. The fourth-order valence-corrected chi connectivity index (χ4v) is 1.77. The summed E-state index contributed by atoms with van der Waals surface area (Å²) in [4.78, 5) is 11.0. The quantitative estimate of drug-likeness (QED) is 0.335. The SMILES string of the molecule is CCCCCCCCC(C=C=C(C)C)OC(C)=O. The Labute approximate surface area is 112 Å². The van der Waals surface area contributed by atoms with Gasteiger partial charge in [0.05, 0.1) is 0 Å². The van der Waals surface area contributed by atoms with Crippen molar-refractivity contribution >= 4 is 5.97 Å². The van der Waals surface area contributed by atoms with E-state index in [1.54, 1.807) is 0 Å². The van der Waals surface area contributed by atoms with E-state index < -0.39 is 0 Å². The van der Waals surface area contributed by atoms with E-state index in [-0.39, 0.29) is 12.1 Å². The van der Waals surface area contributed by atoms with E-state index in [2.05, 4.69) is 12.7 Å². The van der Waals surface area contributed by atoms with Crippen LogP contribution < -0.4 is 0 Å². The lowest BCUT2D eigenvalue weighted by atomic mass is 10.1. The second-order valence-electron chi connectivity index (χ2n) is 5.02. The Kier molecular flexibility index (Phi) is 10.5. The maximum Gasteiger partial charge on any atom is 0.303 e. The van der Waals surface area contributed by atoms with Crippen molar-refractivity contribution in [2.24, 2.45) is 0 Å². The summed E-state index contributed by atoms with van der Waals surface area (Å²) in [5.41, 5.74) is 4.23. The highest BCUT2D eigenvalue weighted by atomic mass is 16.5. The molecule has 0 rings (SSSR count). The largest absolute Gasteiger partial charge is 0.458 e. The zero-order valence-corrected chi connectivity index (χ0v) is 12.4. The first kappa shape index (κ1) is 17.0. The smallest absolute Gasteiger partial charge is 0.303 e. The molecular weight excluding hydrogens is 224 g/mol. The lowest BCUT2D eigenvalue weighted by molar-refractivity contribution is -0.144. The van der Waals surface area contributed by atoms with Gasteiger partial charge in [-0.05, 0) is 38.3 Å². The molecule has 18 heavy (non-hydrogen) atoms. The summed E-state index contributed by atoms with van der Waals surface area (Å²) in [6.07, 6.45) is 10.2.